The molecule has 0 aliphatic carbocycles. The predicted octanol–water partition coefficient (Wildman–Crippen LogP) is -2.88. The lowest BCUT2D eigenvalue weighted by Gasteiger charge is -2.40. The monoisotopic (exact) mass is 446 g/mol. The number of aliphatic hydroxyl groups excluding tert-OH is 5. The Balaban J connectivity index is 1.65. The van der Waals surface area contributed by atoms with Gasteiger partial charge in [-0.15, -0.1) is 0 Å². The second-order valence-corrected chi connectivity index (χ2v) is 7.37. The van der Waals surface area contributed by atoms with E-state index in [0.29, 0.717) is 0 Å². The molecule has 8 atom stereocenters. The maximum atomic E-state index is 11.7. The van der Waals surface area contributed by atoms with Crippen molar-refractivity contribution in [3.63, 3.8) is 0 Å². The van der Waals surface area contributed by atoms with Gasteiger partial charge in [0, 0.05) is 0 Å². The van der Waals surface area contributed by atoms with Gasteiger partial charge in [0.2, 0.25) is 6.29 Å². The minimum absolute atomic E-state index is 0.137. The van der Waals surface area contributed by atoms with Crippen LogP contribution in [0.15, 0.2) is 24.3 Å². The lowest BCUT2D eigenvalue weighted by atomic mass is 9.99. The van der Waals surface area contributed by atoms with Crippen molar-refractivity contribution in [1.29, 1.82) is 0 Å². The molecule has 174 valence electrons. The van der Waals surface area contributed by atoms with Crippen molar-refractivity contribution in [2.24, 2.45) is 0 Å². The Hall–Kier alpha value is -1.87. The smallest absolute Gasteiger partial charge is 0.337 e. The topological polar surface area (TPSA) is 185 Å². The molecule has 3 rings (SSSR count). The van der Waals surface area contributed by atoms with Gasteiger partial charge in [-0.1, -0.05) is 6.07 Å². The average Bonchev–Trinajstić information content (AvgIpc) is 3.07. The van der Waals surface area contributed by atoms with Crippen LogP contribution in [-0.2, 0) is 18.9 Å². The Morgan fingerprint density at radius 2 is 1.90 bits per heavy atom. The molecule has 0 amide bonds. The molecule has 0 bridgehead atoms. The van der Waals surface area contributed by atoms with E-state index in [1.54, 1.807) is 0 Å². The summed E-state index contributed by atoms with van der Waals surface area (Å²) in [6.45, 7) is -1.52. The first-order chi connectivity index (χ1) is 14.7. The number of carbonyl (C=O) groups is 1. The molecule has 2 saturated heterocycles. The lowest BCUT2D eigenvalue weighted by molar-refractivity contribution is -0.289. The van der Waals surface area contributed by atoms with Crippen LogP contribution in [0.5, 0.6) is 5.75 Å². The van der Waals surface area contributed by atoms with Gasteiger partial charge in [-0.25, -0.2) is 4.79 Å². The molecule has 2 fully saturated rings. The number of esters is 1. The zero-order chi connectivity index (χ0) is 22.8. The molecule has 1 aromatic rings. The van der Waals surface area contributed by atoms with Crippen molar-refractivity contribution in [2.45, 2.75) is 48.7 Å². The summed E-state index contributed by atoms with van der Waals surface area (Å²) in [5, 5.41) is 59.8. The number of rotatable bonds is 7. The Kier molecular flexibility index (Phi) is 7.47. The highest BCUT2D eigenvalue weighted by molar-refractivity contribution is 5.89. The van der Waals surface area contributed by atoms with E-state index in [1.807, 2.05) is 0 Å². The van der Waals surface area contributed by atoms with Crippen LogP contribution in [0, 0.1) is 0 Å². The van der Waals surface area contributed by atoms with Crippen LogP contribution in [0.1, 0.15) is 10.4 Å². The number of aliphatic hydroxyl groups is 6. The predicted molar refractivity (Wildman–Crippen MR) is 98.8 cm³/mol. The van der Waals surface area contributed by atoms with Gasteiger partial charge in [0.25, 0.3) is 0 Å². The molecular formula is C19H26O12. The molecule has 1 aromatic carbocycles. The van der Waals surface area contributed by atoms with Crippen molar-refractivity contribution < 1.29 is 59.1 Å². The molecule has 2 aliphatic heterocycles. The fraction of sp³-hybridized carbons (Fsp3) is 0.632. The van der Waals surface area contributed by atoms with E-state index in [4.69, 9.17) is 24.1 Å². The zero-order valence-corrected chi connectivity index (χ0v) is 16.6. The van der Waals surface area contributed by atoms with E-state index >= 15 is 0 Å². The molecule has 0 aromatic heterocycles. The molecule has 6 N–H and O–H groups in total. The molecular weight excluding hydrogens is 420 g/mol. The van der Waals surface area contributed by atoms with Gasteiger partial charge in [0.1, 0.15) is 41.9 Å². The van der Waals surface area contributed by atoms with Crippen molar-refractivity contribution in [1.82, 2.24) is 0 Å². The normalized spacial score (nSPS) is 38.1. The molecule has 0 spiro atoms. The summed E-state index contributed by atoms with van der Waals surface area (Å²) in [4.78, 5) is 11.7. The molecule has 12 heteroatoms. The highest BCUT2D eigenvalue weighted by Crippen LogP contribution is 2.28. The maximum absolute atomic E-state index is 11.7. The third kappa shape index (κ3) is 4.98. The summed E-state index contributed by atoms with van der Waals surface area (Å²) < 4.78 is 26.1. The Bertz CT molecular complexity index is 759. The van der Waals surface area contributed by atoms with E-state index in [1.165, 1.54) is 31.4 Å². The van der Waals surface area contributed by atoms with E-state index in [9.17, 15) is 30.3 Å². The molecule has 0 saturated carbocycles. The maximum Gasteiger partial charge on any atom is 0.337 e. The zero-order valence-electron chi connectivity index (χ0n) is 16.6. The fourth-order valence-electron chi connectivity index (χ4n) is 3.22. The number of benzene rings is 1. The number of carbonyl (C=O) groups excluding carboxylic acids is 1. The van der Waals surface area contributed by atoms with Gasteiger partial charge in [-0.3, -0.25) is 0 Å². The summed E-state index contributed by atoms with van der Waals surface area (Å²) in [5.41, 5.74) is -1.70. The van der Waals surface area contributed by atoms with Crippen molar-refractivity contribution in [2.75, 3.05) is 26.9 Å². The SMILES string of the molecule is COC(=O)c1cccc(OC2OC(COC3OCC(O)(CO)C3O)C(O)C(O)C2O)c1. The second kappa shape index (κ2) is 9.73. The minimum atomic E-state index is -1.89. The van der Waals surface area contributed by atoms with E-state index < -0.39 is 67.9 Å². The molecule has 12 nitrogen and oxygen atoms in total. The fourth-order valence-corrected chi connectivity index (χ4v) is 3.22. The lowest BCUT2D eigenvalue weighted by Crippen LogP contribution is -2.60. The van der Waals surface area contributed by atoms with Gasteiger partial charge < -0.3 is 54.3 Å². The number of hydrogen-bond acceptors (Lipinski definition) is 12. The van der Waals surface area contributed by atoms with Gasteiger partial charge in [0.15, 0.2) is 6.29 Å². The summed E-state index contributed by atoms with van der Waals surface area (Å²) >= 11 is 0. The molecule has 2 aliphatic rings. The van der Waals surface area contributed by atoms with Crippen LogP contribution in [-0.4, -0.2) is 112 Å². The highest BCUT2D eigenvalue weighted by atomic mass is 16.7. The summed E-state index contributed by atoms with van der Waals surface area (Å²) in [7, 11) is 1.22. The van der Waals surface area contributed by atoms with Gasteiger partial charge in [-0.05, 0) is 18.2 Å². The van der Waals surface area contributed by atoms with Crippen LogP contribution in [0.2, 0.25) is 0 Å². The number of ether oxygens (including phenoxy) is 5. The molecule has 8 unspecified atom stereocenters. The largest absolute Gasteiger partial charge is 0.465 e. The quantitative estimate of drug-likeness (QED) is 0.235. The first-order valence-corrected chi connectivity index (χ1v) is 9.49. The third-order valence-corrected chi connectivity index (χ3v) is 5.18. The van der Waals surface area contributed by atoms with Crippen molar-refractivity contribution >= 4 is 5.97 Å². The van der Waals surface area contributed by atoms with E-state index in [2.05, 4.69) is 4.74 Å². The summed E-state index contributed by atoms with van der Waals surface area (Å²) in [6, 6.07) is 5.85. The molecule has 0 radical (unpaired) electrons. The standard InChI is InChI=1S/C19H26O12/c1-27-16(25)9-3-2-4-10(5-9)30-17-14(23)13(22)12(21)11(31-17)6-28-18-15(24)19(26,7-20)8-29-18/h2-5,11-15,17-18,20-24,26H,6-8H2,1H3. The van der Waals surface area contributed by atoms with Crippen LogP contribution in [0.25, 0.3) is 0 Å². The minimum Gasteiger partial charge on any atom is -0.465 e. The number of hydrogen-bond donors (Lipinski definition) is 6. The first kappa shape index (κ1) is 23.8. The van der Waals surface area contributed by atoms with Crippen molar-refractivity contribution in [3.05, 3.63) is 29.8 Å². The van der Waals surface area contributed by atoms with Gasteiger partial charge in [-0.2, -0.15) is 0 Å². The van der Waals surface area contributed by atoms with Gasteiger partial charge >= 0.3 is 5.97 Å². The average molecular weight is 446 g/mol. The Labute approximate surface area is 177 Å². The molecule has 2 heterocycles. The van der Waals surface area contributed by atoms with Crippen LogP contribution in [0.3, 0.4) is 0 Å². The van der Waals surface area contributed by atoms with Crippen LogP contribution >= 0.6 is 0 Å². The van der Waals surface area contributed by atoms with Crippen LogP contribution in [0.4, 0.5) is 0 Å². The van der Waals surface area contributed by atoms with Gasteiger partial charge in [0.05, 0.1) is 32.5 Å². The van der Waals surface area contributed by atoms with E-state index in [-0.39, 0.29) is 17.9 Å². The third-order valence-electron chi connectivity index (χ3n) is 5.18. The van der Waals surface area contributed by atoms with Crippen molar-refractivity contribution in [3.8, 4) is 5.75 Å². The number of methoxy groups -OCH3 is 1. The summed E-state index contributed by atoms with van der Waals surface area (Å²) in [5.74, 6) is -0.465. The van der Waals surface area contributed by atoms with E-state index in [0.717, 1.165) is 0 Å². The Morgan fingerprint density at radius 3 is 2.55 bits per heavy atom. The highest BCUT2D eigenvalue weighted by Gasteiger charge is 2.50. The Morgan fingerprint density at radius 1 is 1.16 bits per heavy atom. The second-order valence-electron chi connectivity index (χ2n) is 7.37. The summed E-state index contributed by atoms with van der Waals surface area (Å²) in [6.07, 6.45) is -10.3. The molecule has 31 heavy (non-hydrogen) atoms. The van der Waals surface area contributed by atoms with Crippen LogP contribution < -0.4 is 4.74 Å². The first-order valence-electron chi connectivity index (χ1n) is 9.49.